The number of halogens is 3. The van der Waals surface area contributed by atoms with Crippen molar-refractivity contribution in [3.8, 4) is 0 Å². The Morgan fingerprint density at radius 2 is 2.00 bits per heavy atom. The molecule has 0 saturated carbocycles. The number of aliphatic carboxylic acids is 1. The van der Waals surface area contributed by atoms with Crippen LogP contribution in [0, 0.1) is 5.92 Å². The monoisotopic (exact) mass is 182 g/mol. The van der Waals surface area contributed by atoms with E-state index >= 15 is 0 Å². The summed E-state index contributed by atoms with van der Waals surface area (Å²) in [5, 5.41) is 8.16. The number of rotatable bonds is 3. The molecule has 1 atom stereocenters. The summed E-state index contributed by atoms with van der Waals surface area (Å²) < 4.78 is 36.0. The molecule has 0 radical (unpaired) electrons. The Bertz CT molecular complexity index is 195. The summed E-state index contributed by atoms with van der Waals surface area (Å²) >= 11 is 0. The van der Waals surface area contributed by atoms with Crippen molar-refractivity contribution in [2.45, 2.75) is 19.5 Å². The lowest BCUT2D eigenvalue weighted by atomic mass is 9.98. The van der Waals surface area contributed by atoms with Crippen LogP contribution in [0.2, 0.25) is 0 Å². The molecular weight excluding hydrogens is 173 g/mol. The van der Waals surface area contributed by atoms with Crippen LogP contribution >= 0.6 is 0 Å². The zero-order valence-electron chi connectivity index (χ0n) is 6.48. The van der Waals surface area contributed by atoms with E-state index in [1.165, 1.54) is 6.92 Å². The molecule has 0 bridgehead atoms. The maximum absolute atomic E-state index is 12.0. The molecule has 70 valence electrons. The fourth-order valence-electron chi connectivity index (χ4n) is 0.744. The van der Waals surface area contributed by atoms with Crippen LogP contribution in [0.25, 0.3) is 0 Å². The van der Waals surface area contributed by atoms with Crippen LogP contribution in [0.4, 0.5) is 13.2 Å². The van der Waals surface area contributed by atoms with Crippen molar-refractivity contribution in [3.05, 3.63) is 12.2 Å². The third kappa shape index (κ3) is 3.41. The van der Waals surface area contributed by atoms with Gasteiger partial charge in [-0.3, -0.25) is 4.79 Å². The van der Waals surface area contributed by atoms with Gasteiger partial charge in [0.25, 0.3) is 0 Å². The average molecular weight is 182 g/mol. The van der Waals surface area contributed by atoms with Crippen LogP contribution in [0.1, 0.15) is 13.3 Å². The number of carboxylic acids is 1. The number of alkyl halides is 3. The van der Waals surface area contributed by atoms with Crippen LogP contribution < -0.4 is 0 Å². The Kier molecular flexibility index (Phi) is 3.30. The molecule has 0 aliphatic carbocycles. The summed E-state index contributed by atoms with van der Waals surface area (Å²) in [4.78, 5) is 10.0. The van der Waals surface area contributed by atoms with Gasteiger partial charge in [0.2, 0.25) is 0 Å². The summed E-state index contributed by atoms with van der Waals surface area (Å²) in [5.74, 6) is -3.41. The lowest BCUT2D eigenvalue weighted by Crippen LogP contribution is -2.26. The molecule has 1 N–H and O–H groups in total. The second kappa shape index (κ2) is 3.60. The van der Waals surface area contributed by atoms with Crippen molar-refractivity contribution in [2.75, 3.05) is 0 Å². The molecule has 0 amide bonds. The molecule has 0 saturated heterocycles. The van der Waals surface area contributed by atoms with Gasteiger partial charge in [-0.25, -0.2) is 0 Å². The first-order valence-electron chi connectivity index (χ1n) is 3.19. The molecule has 0 aromatic heterocycles. The zero-order chi connectivity index (χ0) is 9.94. The molecule has 0 spiro atoms. The van der Waals surface area contributed by atoms with Gasteiger partial charge in [-0.2, -0.15) is 13.2 Å². The molecule has 0 aromatic carbocycles. The van der Waals surface area contributed by atoms with E-state index in [0.29, 0.717) is 0 Å². The number of hydrogen-bond acceptors (Lipinski definition) is 1. The van der Waals surface area contributed by atoms with Gasteiger partial charge in [-0.05, 0) is 6.92 Å². The van der Waals surface area contributed by atoms with Crippen LogP contribution in [0.15, 0.2) is 12.2 Å². The van der Waals surface area contributed by atoms with E-state index < -0.39 is 24.5 Å². The van der Waals surface area contributed by atoms with Crippen LogP contribution in [-0.2, 0) is 4.79 Å². The van der Waals surface area contributed by atoms with Gasteiger partial charge in [0.1, 0.15) is 0 Å². The molecule has 0 fully saturated rings. The molecule has 0 aliphatic heterocycles. The average Bonchev–Trinajstić information content (AvgIpc) is 1.79. The molecule has 0 aromatic rings. The van der Waals surface area contributed by atoms with E-state index in [4.69, 9.17) is 5.11 Å². The minimum atomic E-state index is -4.51. The van der Waals surface area contributed by atoms with Gasteiger partial charge < -0.3 is 5.11 Å². The lowest BCUT2D eigenvalue weighted by Gasteiger charge is -2.17. The first-order chi connectivity index (χ1) is 5.25. The Morgan fingerprint density at radius 1 is 1.58 bits per heavy atom. The van der Waals surface area contributed by atoms with E-state index in [9.17, 15) is 18.0 Å². The number of carbonyl (C=O) groups is 1. The smallest absolute Gasteiger partial charge is 0.395 e. The van der Waals surface area contributed by atoms with Gasteiger partial charge >= 0.3 is 12.1 Å². The first-order valence-corrected chi connectivity index (χ1v) is 3.19. The Hall–Kier alpha value is -1.00. The minimum Gasteiger partial charge on any atom is -0.481 e. The largest absolute Gasteiger partial charge is 0.481 e. The van der Waals surface area contributed by atoms with Crippen molar-refractivity contribution in [2.24, 2.45) is 5.92 Å². The van der Waals surface area contributed by atoms with Gasteiger partial charge in [-0.15, -0.1) is 0 Å². The predicted molar refractivity (Wildman–Crippen MR) is 36.6 cm³/mol. The summed E-state index contributed by atoms with van der Waals surface area (Å²) in [6, 6.07) is 0. The molecule has 12 heavy (non-hydrogen) atoms. The van der Waals surface area contributed by atoms with E-state index in [1.54, 1.807) is 0 Å². The first kappa shape index (κ1) is 11.0. The second-order valence-corrected chi connectivity index (χ2v) is 2.54. The number of hydrogen-bond donors (Lipinski definition) is 1. The van der Waals surface area contributed by atoms with Crippen molar-refractivity contribution < 1.29 is 23.1 Å². The SMILES string of the molecule is C=C(C)C(CC(=O)O)C(F)(F)F. The van der Waals surface area contributed by atoms with Crippen molar-refractivity contribution in [1.29, 1.82) is 0 Å². The summed E-state index contributed by atoms with van der Waals surface area (Å²) in [5.41, 5.74) is -0.176. The molecular formula is C7H9F3O2. The fourth-order valence-corrected chi connectivity index (χ4v) is 0.744. The number of allylic oxidation sites excluding steroid dienone is 1. The van der Waals surface area contributed by atoms with Crippen molar-refractivity contribution in [3.63, 3.8) is 0 Å². The van der Waals surface area contributed by atoms with E-state index in [-0.39, 0.29) is 5.57 Å². The number of carboxylic acid groups (broad SMARTS) is 1. The molecule has 0 rings (SSSR count). The zero-order valence-corrected chi connectivity index (χ0v) is 6.48. The minimum absolute atomic E-state index is 0.176. The third-order valence-electron chi connectivity index (χ3n) is 1.37. The maximum atomic E-state index is 12.0. The molecule has 2 nitrogen and oxygen atoms in total. The summed E-state index contributed by atoms with van der Waals surface area (Å²) in [6.45, 7) is 4.26. The van der Waals surface area contributed by atoms with E-state index in [1.807, 2.05) is 0 Å². The Labute approximate surface area is 67.7 Å². The van der Waals surface area contributed by atoms with Crippen molar-refractivity contribution in [1.82, 2.24) is 0 Å². The predicted octanol–water partition coefficient (Wildman–Crippen LogP) is 2.22. The van der Waals surface area contributed by atoms with Gasteiger partial charge in [0.05, 0.1) is 12.3 Å². The molecule has 0 heterocycles. The third-order valence-corrected chi connectivity index (χ3v) is 1.37. The highest BCUT2D eigenvalue weighted by atomic mass is 19.4. The van der Waals surface area contributed by atoms with E-state index in [0.717, 1.165) is 0 Å². The van der Waals surface area contributed by atoms with Crippen LogP contribution in [0.5, 0.6) is 0 Å². The molecule has 5 heteroatoms. The van der Waals surface area contributed by atoms with Crippen molar-refractivity contribution >= 4 is 5.97 Å². The standard InChI is InChI=1S/C7H9F3O2/c1-4(2)5(3-6(11)12)7(8,9)10/h5H,1,3H2,2H3,(H,11,12). The summed E-state index contributed by atoms with van der Waals surface area (Å²) in [7, 11) is 0. The topological polar surface area (TPSA) is 37.3 Å². The highest BCUT2D eigenvalue weighted by Gasteiger charge is 2.41. The highest BCUT2D eigenvalue weighted by Crippen LogP contribution is 2.33. The summed E-state index contributed by atoms with van der Waals surface area (Å²) in [6.07, 6.45) is -5.46. The highest BCUT2D eigenvalue weighted by molar-refractivity contribution is 5.67. The lowest BCUT2D eigenvalue weighted by molar-refractivity contribution is -0.173. The van der Waals surface area contributed by atoms with Gasteiger partial charge in [-0.1, -0.05) is 12.2 Å². The van der Waals surface area contributed by atoms with Crippen LogP contribution in [0.3, 0.4) is 0 Å². The molecule has 1 unspecified atom stereocenters. The Balaban J connectivity index is 4.46. The quantitative estimate of drug-likeness (QED) is 0.679. The van der Waals surface area contributed by atoms with E-state index in [2.05, 4.69) is 6.58 Å². The van der Waals surface area contributed by atoms with Gasteiger partial charge in [0.15, 0.2) is 0 Å². The van der Waals surface area contributed by atoms with Gasteiger partial charge in [0, 0.05) is 0 Å². The van der Waals surface area contributed by atoms with Crippen LogP contribution in [-0.4, -0.2) is 17.3 Å². The normalized spacial score (nSPS) is 14.0. The fraction of sp³-hybridized carbons (Fsp3) is 0.571. The molecule has 0 aliphatic rings. The Morgan fingerprint density at radius 3 is 2.08 bits per heavy atom. The maximum Gasteiger partial charge on any atom is 0.395 e. The second-order valence-electron chi connectivity index (χ2n) is 2.54.